The lowest BCUT2D eigenvalue weighted by Crippen LogP contribution is -2.61. The molecule has 1 aliphatic rings. The summed E-state index contributed by atoms with van der Waals surface area (Å²) in [6, 6.07) is 4.59. The highest BCUT2D eigenvalue weighted by atomic mass is 79.9. The van der Waals surface area contributed by atoms with Crippen molar-refractivity contribution in [1.82, 2.24) is 4.72 Å². The molecule has 0 bridgehead atoms. The van der Waals surface area contributed by atoms with E-state index in [-0.39, 0.29) is 22.5 Å². The molecule has 1 fully saturated rings. The Morgan fingerprint density at radius 1 is 1.45 bits per heavy atom. The van der Waals surface area contributed by atoms with E-state index in [2.05, 4.69) is 20.7 Å². The second kappa shape index (κ2) is 5.29. The summed E-state index contributed by atoms with van der Waals surface area (Å²) in [5, 5.41) is 0. The van der Waals surface area contributed by atoms with E-state index in [0.29, 0.717) is 16.6 Å². The zero-order valence-electron chi connectivity index (χ0n) is 11.7. The fourth-order valence-corrected chi connectivity index (χ4v) is 4.87. The zero-order valence-corrected chi connectivity index (χ0v) is 14.1. The van der Waals surface area contributed by atoms with Crippen LogP contribution < -0.4 is 10.5 Å². The summed E-state index contributed by atoms with van der Waals surface area (Å²) in [7, 11) is -1.96. The van der Waals surface area contributed by atoms with Crippen molar-refractivity contribution >= 4 is 31.6 Å². The Morgan fingerprint density at radius 2 is 2.10 bits per heavy atom. The Labute approximate surface area is 128 Å². The van der Waals surface area contributed by atoms with Gasteiger partial charge in [-0.05, 0) is 40.5 Å². The molecule has 1 aromatic carbocycles. The number of methoxy groups -OCH3 is 1. The monoisotopic (exact) mass is 362 g/mol. The maximum absolute atomic E-state index is 12.5. The minimum Gasteiger partial charge on any atom is -0.399 e. The van der Waals surface area contributed by atoms with Crippen molar-refractivity contribution in [3.05, 3.63) is 22.7 Å². The normalized spacial score (nSPS) is 25.2. The van der Waals surface area contributed by atoms with Crippen molar-refractivity contribution in [1.29, 1.82) is 0 Å². The number of hydrogen-bond acceptors (Lipinski definition) is 4. The van der Waals surface area contributed by atoms with Crippen LogP contribution >= 0.6 is 15.9 Å². The van der Waals surface area contributed by atoms with E-state index in [0.717, 1.165) is 0 Å². The van der Waals surface area contributed by atoms with E-state index in [4.69, 9.17) is 10.5 Å². The van der Waals surface area contributed by atoms with Gasteiger partial charge in [0.05, 0.1) is 11.0 Å². The first-order chi connectivity index (χ1) is 9.18. The molecule has 1 aromatic rings. The molecule has 7 heteroatoms. The van der Waals surface area contributed by atoms with Gasteiger partial charge in [-0.1, -0.05) is 13.8 Å². The highest BCUT2D eigenvalue weighted by molar-refractivity contribution is 9.10. The third kappa shape index (κ3) is 2.72. The van der Waals surface area contributed by atoms with E-state index in [9.17, 15) is 8.42 Å². The molecule has 5 nitrogen and oxygen atoms in total. The van der Waals surface area contributed by atoms with Crippen LogP contribution in [0.4, 0.5) is 5.69 Å². The average molecular weight is 363 g/mol. The summed E-state index contributed by atoms with van der Waals surface area (Å²) in [4.78, 5) is 0.161. The van der Waals surface area contributed by atoms with Crippen LogP contribution in [0.2, 0.25) is 0 Å². The maximum Gasteiger partial charge on any atom is 0.242 e. The number of nitrogens with two attached hydrogens (primary N) is 1. The lowest BCUT2D eigenvalue weighted by Gasteiger charge is -2.50. The first kappa shape index (κ1) is 15.8. The summed E-state index contributed by atoms with van der Waals surface area (Å²) in [6.45, 7) is 3.98. The lowest BCUT2D eigenvalue weighted by atomic mass is 9.65. The zero-order chi connectivity index (χ0) is 15.1. The van der Waals surface area contributed by atoms with Gasteiger partial charge in [0, 0.05) is 28.7 Å². The number of anilines is 1. The molecular weight excluding hydrogens is 344 g/mol. The Bertz CT molecular complexity index is 616. The van der Waals surface area contributed by atoms with Gasteiger partial charge >= 0.3 is 0 Å². The molecule has 3 N–H and O–H groups in total. The number of rotatable bonds is 4. The Kier molecular flexibility index (Phi) is 4.17. The standard InChI is InChI=1S/C13H19BrN2O3S/c1-13(2)11(7-12(13)19-3)16-20(17,18)10-6-8(15)4-5-9(10)14/h4-6,11-12,16H,7,15H2,1-3H3. The van der Waals surface area contributed by atoms with Crippen LogP contribution in [0.3, 0.4) is 0 Å². The van der Waals surface area contributed by atoms with Crippen LogP contribution in [0.15, 0.2) is 27.6 Å². The Balaban J connectivity index is 2.23. The maximum atomic E-state index is 12.5. The topological polar surface area (TPSA) is 81.4 Å². The molecule has 0 saturated heterocycles. The van der Waals surface area contributed by atoms with Crippen molar-refractivity contribution < 1.29 is 13.2 Å². The summed E-state index contributed by atoms with van der Waals surface area (Å²) in [5.41, 5.74) is 5.85. The molecule has 1 aliphatic carbocycles. The number of nitrogens with one attached hydrogen (secondary N) is 1. The van der Waals surface area contributed by atoms with E-state index in [1.165, 1.54) is 6.07 Å². The van der Waals surface area contributed by atoms with Crippen LogP contribution in [0.1, 0.15) is 20.3 Å². The van der Waals surface area contributed by atoms with E-state index in [1.54, 1.807) is 19.2 Å². The van der Waals surface area contributed by atoms with Crippen molar-refractivity contribution in [2.24, 2.45) is 5.41 Å². The number of halogens is 1. The molecule has 0 aromatic heterocycles. The molecule has 0 spiro atoms. The number of hydrogen-bond donors (Lipinski definition) is 2. The molecule has 20 heavy (non-hydrogen) atoms. The minimum atomic E-state index is -3.61. The number of sulfonamides is 1. The highest BCUT2D eigenvalue weighted by Gasteiger charge is 2.50. The van der Waals surface area contributed by atoms with E-state index in [1.807, 2.05) is 13.8 Å². The van der Waals surface area contributed by atoms with Gasteiger partial charge in [0.25, 0.3) is 0 Å². The quantitative estimate of drug-likeness (QED) is 0.803. The molecule has 112 valence electrons. The van der Waals surface area contributed by atoms with Gasteiger partial charge in [-0.3, -0.25) is 0 Å². The molecule has 2 atom stereocenters. The van der Waals surface area contributed by atoms with E-state index < -0.39 is 10.0 Å². The van der Waals surface area contributed by atoms with Gasteiger partial charge < -0.3 is 10.5 Å². The van der Waals surface area contributed by atoms with Gasteiger partial charge in [-0.25, -0.2) is 13.1 Å². The highest BCUT2D eigenvalue weighted by Crippen LogP contribution is 2.43. The van der Waals surface area contributed by atoms with Crippen LogP contribution in [-0.2, 0) is 14.8 Å². The summed E-state index contributed by atoms with van der Waals surface area (Å²) >= 11 is 3.25. The summed E-state index contributed by atoms with van der Waals surface area (Å²) in [6.07, 6.45) is 0.738. The third-order valence-corrected chi connectivity index (χ3v) is 6.47. The van der Waals surface area contributed by atoms with Crippen LogP contribution in [0.5, 0.6) is 0 Å². The smallest absolute Gasteiger partial charge is 0.242 e. The summed E-state index contributed by atoms with van der Waals surface area (Å²) < 4.78 is 33.5. The lowest BCUT2D eigenvalue weighted by molar-refractivity contribution is -0.0908. The SMILES string of the molecule is COC1CC(NS(=O)(=O)c2cc(N)ccc2Br)C1(C)C. The van der Waals surface area contributed by atoms with Crippen LogP contribution in [0.25, 0.3) is 0 Å². The van der Waals surface area contributed by atoms with Gasteiger partial charge in [-0.2, -0.15) is 0 Å². The van der Waals surface area contributed by atoms with E-state index >= 15 is 0 Å². The molecule has 1 saturated carbocycles. The van der Waals surface area contributed by atoms with Gasteiger partial charge in [0.2, 0.25) is 10.0 Å². The third-order valence-electron chi connectivity index (χ3n) is 4.00. The first-order valence-electron chi connectivity index (χ1n) is 6.28. The molecule has 0 radical (unpaired) electrons. The summed E-state index contributed by atoms with van der Waals surface area (Å²) in [5.74, 6) is 0. The van der Waals surface area contributed by atoms with Crippen molar-refractivity contribution in [2.45, 2.75) is 37.3 Å². The fourth-order valence-electron chi connectivity index (χ4n) is 2.46. The molecule has 0 heterocycles. The van der Waals surface area contributed by atoms with Gasteiger partial charge in [0.15, 0.2) is 0 Å². The molecule has 2 rings (SSSR count). The number of ether oxygens (including phenoxy) is 1. The minimum absolute atomic E-state index is 0.0690. The average Bonchev–Trinajstić information content (AvgIpc) is 2.36. The predicted molar refractivity (Wildman–Crippen MR) is 81.9 cm³/mol. The van der Waals surface area contributed by atoms with Crippen molar-refractivity contribution in [2.75, 3.05) is 12.8 Å². The molecular formula is C13H19BrN2O3S. The second-order valence-electron chi connectivity index (χ2n) is 5.65. The predicted octanol–water partition coefficient (Wildman–Crippen LogP) is 2.12. The van der Waals surface area contributed by atoms with Crippen molar-refractivity contribution in [3.63, 3.8) is 0 Å². The largest absolute Gasteiger partial charge is 0.399 e. The second-order valence-corrected chi connectivity index (χ2v) is 8.18. The van der Waals surface area contributed by atoms with Gasteiger partial charge in [-0.15, -0.1) is 0 Å². The molecule has 0 aliphatic heterocycles. The number of benzene rings is 1. The Morgan fingerprint density at radius 3 is 2.65 bits per heavy atom. The van der Waals surface area contributed by atoms with Gasteiger partial charge in [0.1, 0.15) is 0 Å². The fraction of sp³-hybridized carbons (Fsp3) is 0.538. The molecule has 0 amide bonds. The van der Waals surface area contributed by atoms with Crippen LogP contribution in [-0.4, -0.2) is 27.7 Å². The number of nitrogen functional groups attached to an aromatic ring is 1. The first-order valence-corrected chi connectivity index (χ1v) is 8.56. The van der Waals surface area contributed by atoms with Crippen molar-refractivity contribution in [3.8, 4) is 0 Å². The Hall–Kier alpha value is -0.630. The van der Waals surface area contributed by atoms with Crippen LogP contribution in [0, 0.1) is 5.41 Å². The molecule has 2 unspecified atom stereocenters.